The quantitative estimate of drug-likeness (QED) is 0.387. The second kappa shape index (κ2) is 14.1. The Morgan fingerprint density at radius 1 is 1.20 bits per heavy atom. The van der Waals surface area contributed by atoms with Gasteiger partial charge in [-0.3, -0.25) is 0 Å². The smallest absolute Gasteiger partial charge is 0.328 e. The number of carboxylic acids is 2. The maximum atomic E-state index is 9.90. The fourth-order valence-corrected chi connectivity index (χ4v) is 2.67. The van der Waals surface area contributed by atoms with Crippen molar-refractivity contribution in [1.29, 1.82) is 0 Å². The molecule has 164 valence electrons. The van der Waals surface area contributed by atoms with Crippen molar-refractivity contribution in [3.05, 3.63) is 53.6 Å². The van der Waals surface area contributed by atoms with E-state index in [0.29, 0.717) is 23.9 Å². The molecule has 2 aromatic rings. The fourth-order valence-electron chi connectivity index (χ4n) is 2.18. The molecule has 1 heterocycles. The Morgan fingerprint density at radius 3 is 2.33 bits per heavy atom. The van der Waals surface area contributed by atoms with E-state index in [1.165, 1.54) is 16.9 Å². The molecule has 0 bridgehead atoms. The molecule has 0 spiro atoms. The fraction of sp³-hybridized carbons (Fsp3) is 0.350. The molecular formula is C20H26N2O7S. The van der Waals surface area contributed by atoms with E-state index in [-0.39, 0.29) is 12.6 Å². The second-order valence-electron chi connectivity index (χ2n) is 6.13. The van der Waals surface area contributed by atoms with Crippen molar-refractivity contribution in [3.8, 4) is 10.9 Å². The predicted molar refractivity (Wildman–Crippen MR) is 112 cm³/mol. The lowest BCUT2D eigenvalue weighted by Crippen LogP contribution is -2.37. The van der Waals surface area contributed by atoms with E-state index in [2.05, 4.69) is 29.4 Å². The number of carboxylic acid groups (broad SMARTS) is 2. The summed E-state index contributed by atoms with van der Waals surface area (Å²) in [6.45, 7) is 2.83. The third kappa shape index (κ3) is 11.8. The normalized spacial score (nSPS) is 12.5. The molecule has 0 aliphatic carbocycles. The van der Waals surface area contributed by atoms with Crippen molar-refractivity contribution in [3.63, 3.8) is 0 Å². The van der Waals surface area contributed by atoms with E-state index >= 15 is 0 Å². The van der Waals surface area contributed by atoms with Gasteiger partial charge in [-0.05, 0) is 31.0 Å². The average Bonchev–Trinajstić information content (AvgIpc) is 3.24. The predicted octanol–water partition coefficient (Wildman–Crippen LogP) is 1.82. The number of methoxy groups -OCH3 is 1. The van der Waals surface area contributed by atoms with E-state index in [1.807, 2.05) is 17.5 Å². The van der Waals surface area contributed by atoms with E-state index < -0.39 is 18.0 Å². The summed E-state index contributed by atoms with van der Waals surface area (Å²) < 4.78 is 10.5. The van der Waals surface area contributed by atoms with Gasteiger partial charge in [0.25, 0.3) is 5.19 Å². The number of nitrogens with zero attached hydrogens (tertiary/aromatic N) is 1. The zero-order valence-electron chi connectivity index (χ0n) is 16.7. The molecule has 9 nitrogen and oxygen atoms in total. The SMILES string of the molecule is COc1ccc(CC(C)NCC(O)COc2nccs2)cc1.O=C(O)/C=C\C(=O)O. The van der Waals surface area contributed by atoms with Crippen LogP contribution in [0.4, 0.5) is 0 Å². The Bertz CT molecular complexity index is 763. The van der Waals surface area contributed by atoms with Gasteiger partial charge < -0.3 is 30.1 Å². The van der Waals surface area contributed by atoms with E-state index in [4.69, 9.17) is 19.7 Å². The Kier molecular flexibility index (Phi) is 11.8. The second-order valence-corrected chi connectivity index (χ2v) is 6.99. The number of hydrogen-bond acceptors (Lipinski definition) is 8. The molecule has 4 N–H and O–H groups in total. The third-order valence-corrected chi connectivity index (χ3v) is 4.26. The van der Waals surface area contributed by atoms with Crippen LogP contribution in [0.5, 0.6) is 10.9 Å². The first-order chi connectivity index (χ1) is 14.3. The summed E-state index contributed by atoms with van der Waals surface area (Å²) in [7, 11) is 1.66. The number of aliphatic hydroxyl groups excluding tert-OH is 1. The number of aromatic nitrogens is 1. The number of thiazole rings is 1. The molecule has 2 unspecified atom stereocenters. The molecule has 0 saturated carbocycles. The van der Waals surface area contributed by atoms with E-state index in [9.17, 15) is 14.7 Å². The van der Waals surface area contributed by atoms with E-state index in [1.54, 1.807) is 13.3 Å². The van der Waals surface area contributed by atoms with Crippen LogP contribution in [0.15, 0.2) is 48.0 Å². The Hall–Kier alpha value is -2.95. The highest BCUT2D eigenvalue weighted by atomic mass is 32.1. The minimum absolute atomic E-state index is 0.246. The minimum Gasteiger partial charge on any atom is -0.497 e. The number of rotatable bonds is 11. The number of hydrogen-bond donors (Lipinski definition) is 4. The van der Waals surface area contributed by atoms with Gasteiger partial charge >= 0.3 is 11.9 Å². The number of benzene rings is 1. The van der Waals surface area contributed by atoms with Gasteiger partial charge in [-0.2, -0.15) is 0 Å². The van der Waals surface area contributed by atoms with Gasteiger partial charge in [0.1, 0.15) is 18.5 Å². The number of carbonyl (C=O) groups is 2. The Morgan fingerprint density at radius 2 is 1.83 bits per heavy atom. The summed E-state index contributed by atoms with van der Waals surface area (Å²) in [6.07, 6.45) is 3.14. The first kappa shape index (κ1) is 25.1. The standard InChI is InChI=1S/C16H22N2O3S.C4H4O4/c1-12(9-13-3-5-15(20-2)6-4-13)18-10-14(19)11-21-16-17-7-8-22-16;5-3(6)1-2-4(7)8/h3-8,12,14,18-19H,9-11H2,1-2H3;1-2H,(H,5,6)(H,7,8)/b;2-1-. The average molecular weight is 439 g/mol. The molecular weight excluding hydrogens is 412 g/mol. The van der Waals surface area contributed by atoms with Crippen LogP contribution in [-0.2, 0) is 16.0 Å². The topological polar surface area (TPSA) is 138 Å². The van der Waals surface area contributed by atoms with Gasteiger partial charge in [0, 0.05) is 36.3 Å². The molecule has 0 radical (unpaired) electrons. The molecule has 0 fully saturated rings. The van der Waals surface area contributed by atoms with Gasteiger partial charge in [-0.1, -0.05) is 23.5 Å². The van der Waals surface area contributed by atoms with Crippen molar-refractivity contribution in [2.24, 2.45) is 0 Å². The highest BCUT2D eigenvalue weighted by Crippen LogP contribution is 2.14. The summed E-state index contributed by atoms with van der Waals surface area (Å²) in [5, 5.41) is 31.3. The van der Waals surface area contributed by atoms with Crippen LogP contribution in [0.1, 0.15) is 12.5 Å². The summed E-state index contributed by atoms with van der Waals surface area (Å²) in [6, 6.07) is 8.29. The lowest BCUT2D eigenvalue weighted by atomic mass is 10.1. The van der Waals surface area contributed by atoms with Crippen LogP contribution < -0.4 is 14.8 Å². The number of ether oxygens (including phenoxy) is 2. The summed E-state index contributed by atoms with van der Waals surface area (Å²) in [5.41, 5.74) is 1.23. The van der Waals surface area contributed by atoms with Gasteiger partial charge in [-0.15, -0.1) is 0 Å². The molecule has 1 aromatic carbocycles. The highest BCUT2D eigenvalue weighted by Gasteiger charge is 2.09. The van der Waals surface area contributed by atoms with Crippen LogP contribution in [0.3, 0.4) is 0 Å². The summed E-state index contributed by atoms with van der Waals surface area (Å²) in [5.74, 6) is -1.65. The largest absolute Gasteiger partial charge is 0.497 e. The zero-order chi connectivity index (χ0) is 22.4. The molecule has 0 saturated heterocycles. The van der Waals surface area contributed by atoms with Gasteiger partial charge in [0.05, 0.1) is 7.11 Å². The van der Waals surface area contributed by atoms with Crippen LogP contribution in [0.25, 0.3) is 0 Å². The minimum atomic E-state index is -1.26. The molecule has 10 heteroatoms. The molecule has 30 heavy (non-hydrogen) atoms. The van der Waals surface area contributed by atoms with Crippen LogP contribution >= 0.6 is 11.3 Å². The summed E-state index contributed by atoms with van der Waals surface area (Å²) >= 11 is 1.42. The van der Waals surface area contributed by atoms with Crippen molar-refractivity contribution in [1.82, 2.24) is 10.3 Å². The molecule has 0 amide bonds. The monoisotopic (exact) mass is 438 g/mol. The lowest BCUT2D eigenvalue weighted by molar-refractivity contribution is -0.134. The van der Waals surface area contributed by atoms with Crippen molar-refractivity contribution in [2.75, 3.05) is 20.3 Å². The van der Waals surface area contributed by atoms with Crippen molar-refractivity contribution >= 4 is 23.3 Å². The van der Waals surface area contributed by atoms with Gasteiger partial charge in [0.2, 0.25) is 0 Å². The van der Waals surface area contributed by atoms with Crippen LogP contribution in [0, 0.1) is 0 Å². The lowest BCUT2D eigenvalue weighted by Gasteiger charge is -2.17. The molecule has 0 aliphatic heterocycles. The molecule has 1 aromatic heterocycles. The first-order valence-electron chi connectivity index (χ1n) is 9.00. The van der Waals surface area contributed by atoms with Gasteiger partial charge in [0.15, 0.2) is 0 Å². The van der Waals surface area contributed by atoms with E-state index in [0.717, 1.165) is 12.2 Å². The van der Waals surface area contributed by atoms with Gasteiger partial charge in [-0.25, -0.2) is 14.6 Å². The van der Waals surface area contributed by atoms with Crippen molar-refractivity contribution < 1.29 is 34.4 Å². The number of nitrogens with one attached hydrogen (secondary N) is 1. The molecule has 2 rings (SSSR count). The number of aliphatic carboxylic acids is 2. The van der Waals surface area contributed by atoms with Crippen molar-refractivity contribution in [2.45, 2.75) is 25.5 Å². The molecule has 2 atom stereocenters. The summed E-state index contributed by atoms with van der Waals surface area (Å²) in [4.78, 5) is 23.1. The first-order valence-corrected chi connectivity index (χ1v) is 9.88. The Balaban J connectivity index is 0.000000479. The number of aliphatic hydroxyl groups is 1. The maximum absolute atomic E-state index is 9.90. The molecule has 0 aliphatic rings. The maximum Gasteiger partial charge on any atom is 0.328 e. The van der Waals surface area contributed by atoms with Crippen LogP contribution in [-0.4, -0.2) is 64.6 Å². The third-order valence-electron chi connectivity index (χ3n) is 3.58. The van der Waals surface area contributed by atoms with Crippen LogP contribution in [0.2, 0.25) is 0 Å². The zero-order valence-corrected chi connectivity index (χ0v) is 17.5. The highest BCUT2D eigenvalue weighted by molar-refractivity contribution is 7.11. The Labute approximate surface area is 178 Å².